The van der Waals surface area contributed by atoms with Gasteiger partial charge in [-0.15, -0.1) is 0 Å². The molecule has 1 aliphatic rings. The lowest BCUT2D eigenvalue weighted by atomic mass is 10.1. The van der Waals surface area contributed by atoms with Crippen LogP contribution in [0.3, 0.4) is 0 Å². The molecule has 4 heteroatoms. The molecule has 0 saturated heterocycles. The van der Waals surface area contributed by atoms with Crippen LogP contribution < -0.4 is 4.74 Å². The summed E-state index contributed by atoms with van der Waals surface area (Å²) in [4.78, 5) is 0. The van der Waals surface area contributed by atoms with Crippen LogP contribution in [0.4, 0.5) is 0 Å². The number of ether oxygens (including phenoxy) is 2. The lowest BCUT2D eigenvalue weighted by Gasteiger charge is -2.19. The Labute approximate surface area is 97.1 Å². The van der Waals surface area contributed by atoms with Crippen LogP contribution in [0.15, 0.2) is 16.6 Å². The maximum Gasteiger partial charge on any atom is 0.189 e. The maximum atomic E-state index is 8.79. The van der Waals surface area contributed by atoms with Gasteiger partial charge in [0, 0.05) is 16.6 Å². The first-order valence-electron chi connectivity index (χ1n) is 4.94. The van der Waals surface area contributed by atoms with Crippen LogP contribution in [0.25, 0.3) is 0 Å². The van der Waals surface area contributed by atoms with Crippen LogP contribution in [-0.2, 0) is 17.8 Å². The molecule has 0 bridgehead atoms. The minimum absolute atomic E-state index is 0.216. The topological polar surface area (TPSA) is 38.7 Å². The molecular weight excluding hydrogens is 260 g/mol. The van der Waals surface area contributed by atoms with Crippen molar-refractivity contribution in [1.29, 1.82) is 0 Å². The second-order valence-electron chi connectivity index (χ2n) is 3.49. The Morgan fingerprint density at radius 2 is 2.27 bits per heavy atom. The summed E-state index contributed by atoms with van der Waals surface area (Å²) in [5.41, 5.74) is 2.24. The second kappa shape index (κ2) is 4.96. The zero-order valence-electron chi connectivity index (χ0n) is 8.33. The van der Waals surface area contributed by atoms with Crippen molar-refractivity contribution in [1.82, 2.24) is 0 Å². The third-order valence-corrected chi connectivity index (χ3v) is 3.13. The van der Waals surface area contributed by atoms with Gasteiger partial charge in [0.1, 0.15) is 5.75 Å². The molecule has 2 rings (SSSR count). The Bertz CT molecular complexity index is 352. The van der Waals surface area contributed by atoms with E-state index >= 15 is 0 Å². The predicted octanol–water partition coefficient (Wildman–Crippen LogP) is 2.24. The molecule has 1 aromatic rings. The van der Waals surface area contributed by atoms with Gasteiger partial charge in [-0.2, -0.15) is 0 Å². The van der Waals surface area contributed by atoms with E-state index in [1.165, 1.54) is 5.56 Å². The quantitative estimate of drug-likeness (QED) is 0.917. The lowest BCUT2D eigenvalue weighted by Crippen LogP contribution is -2.11. The first kappa shape index (κ1) is 10.9. The van der Waals surface area contributed by atoms with E-state index in [4.69, 9.17) is 14.6 Å². The van der Waals surface area contributed by atoms with E-state index < -0.39 is 0 Å². The van der Waals surface area contributed by atoms with Crippen molar-refractivity contribution in [3.63, 3.8) is 0 Å². The zero-order chi connectivity index (χ0) is 10.7. The van der Waals surface area contributed by atoms with Crippen molar-refractivity contribution in [3.8, 4) is 5.75 Å². The Balaban J connectivity index is 2.24. The number of halogens is 1. The largest absolute Gasteiger partial charge is 0.467 e. The van der Waals surface area contributed by atoms with E-state index in [9.17, 15) is 0 Å². The normalized spacial score (nSPS) is 14.5. The molecule has 0 fully saturated rings. The van der Waals surface area contributed by atoms with Crippen LogP contribution >= 0.6 is 15.9 Å². The highest BCUT2D eigenvalue weighted by molar-refractivity contribution is 9.10. The minimum Gasteiger partial charge on any atom is -0.467 e. The molecule has 0 aromatic heterocycles. The Kier molecular flexibility index (Phi) is 3.61. The molecular formula is C11H13BrO3. The number of aliphatic hydroxyl groups is 1. The van der Waals surface area contributed by atoms with Crippen LogP contribution in [0, 0.1) is 0 Å². The Hall–Kier alpha value is -0.580. The molecule has 0 aliphatic carbocycles. The average molecular weight is 273 g/mol. The van der Waals surface area contributed by atoms with Crippen molar-refractivity contribution in [2.75, 3.05) is 13.4 Å². The monoisotopic (exact) mass is 272 g/mol. The molecule has 82 valence electrons. The first-order valence-corrected chi connectivity index (χ1v) is 5.73. The number of aliphatic hydroxyl groups excluding tert-OH is 1. The first-order chi connectivity index (χ1) is 7.31. The van der Waals surface area contributed by atoms with E-state index in [0.717, 1.165) is 28.6 Å². The van der Waals surface area contributed by atoms with Crippen LogP contribution in [0.2, 0.25) is 0 Å². The molecule has 0 atom stereocenters. The van der Waals surface area contributed by atoms with Crippen molar-refractivity contribution in [2.24, 2.45) is 0 Å². The van der Waals surface area contributed by atoms with E-state index in [-0.39, 0.29) is 6.61 Å². The number of rotatable bonds is 3. The van der Waals surface area contributed by atoms with Gasteiger partial charge < -0.3 is 14.6 Å². The highest BCUT2D eigenvalue weighted by Crippen LogP contribution is 2.30. The van der Waals surface area contributed by atoms with Gasteiger partial charge in [-0.05, 0) is 30.5 Å². The summed E-state index contributed by atoms with van der Waals surface area (Å²) in [6, 6.07) is 4.05. The summed E-state index contributed by atoms with van der Waals surface area (Å²) in [7, 11) is 0. The lowest BCUT2D eigenvalue weighted by molar-refractivity contribution is -0.0164. The van der Waals surface area contributed by atoms with Crippen molar-refractivity contribution in [3.05, 3.63) is 27.7 Å². The number of aryl methyl sites for hydroxylation is 1. The van der Waals surface area contributed by atoms with E-state index in [1.54, 1.807) is 0 Å². The smallest absolute Gasteiger partial charge is 0.189 e. The van der Waals surface area contributed by atoms with E-state index in [1.807, 2.05) is 12.1 Å². The highest BCUT2D eigenvalue weighted by Gasteiger charge is 2.13. The molecule has 1 N–H and O–H groups in total. The maximum absolute atomic E-state index is 8.79. The molecule has 0 unspecified atom stereocenters. The third-order valence-electron chi connectivity index (χ3n) is 2.39. The summed E-state index contributed by atoms with van der Waals surface area (Å²) in [5, 5.41) is 8.79. The van der Waals surface area contributed by atoms with Gasteiger partial charge in [0.15, 0.2) is 6.79 Å². The number of hydrogen-bond donors (Lipinski definition) is 1. The van der Waals surface area contributed by atoms with Gasteiger partial charge in [-0.1, -0.05) is 15.9 Å². The molecule has 15 heavy (non-hydrogen) atoms. The summed E-state index contributed by atoms with van der Waals surface area (Å²) < 4.78 is 11.6. The SMILES string of the molecule is OCCCc1cc2c(cc1Br)COCO2. The minimum atomic E-state index is 0.216. The highest BCUT2D eigenvalue weighted by atomic mass is 79.9. The summed E-state index contributed by atoms with van der Waals surface area (Å²) >= 11 is 3.51. The van der Waals surface area contributed by atoms with Crippen LogP contribution in [0.5, 0.6) is 5.75 Å². The van der Waals surface area contributed by atoms with Gasteiger partial charge in [0.05, 0.1) is 6.61 Å². The predicted molar refractivity (Wildman–Crippen MR) is 59.8 cm³/mol. The molecule has 0 amide bonds. The molecule has 1 aromatic carbocycles. The van der Waals surface area contributed by atoms with Crippen LogP contribution in [0.1, 0.15) is 17.5 Å². The number of fused-ring (bicyclic) bond motifs is 1. The summed E-state index contributed by atoms with van der Waals surface area (Å²) in [6.45, 7) is 1.15. The summed E-state index contributed by atoms with van der Waals surface area (Å²) in [5.74, 6) is 0.900. The molecule has 1 aliphatic heterocycles. The number of hydrogen-bond acceptors (Lipinski definition) is 3. The van der Waals surface area contributed by atoms with Crippen LogP contribution in [-0.4, -0.2) is 18.5 Å². The fraction of sp³-hybridized carbons (Fsp3) is 0.455. The van der Waals surface area contributed by atoms with Crippen molar-refractivity contribution < 1.29 is 14.6 Å². The third kappa shape index (κ3) is 2.51. The average Bonchev–Trinajstić information content (AvgIpc) is 2.26. The Morgan fingerprint density at radius 3 is 3.07 bits per heavy atom. The summed E-state index contributed by atoms with van der Waals surface area (Å²) in [6.07, 6.45) is 1.63. The van der Waals surface area contributed by atoms with Crippen molar-refractivity contribution >= 4 is 15.9 Å². The second-order valence-corrected chi connectivity index (χ2v) is 4.34. The van der Waals surface area contributed by atoms with Gasteiger partial charge >= 0.3 is 0 Å². The molecule has 0 radical (unpaired) electrons. The van der Waals surface area contributed by atoms with Gasteiger partial charge in [0.2, 0.25) is 0 Å². The molecule has 1 heterocycles. The van der Waals surface area contributed by atoms with Gasteiger partial charge in [-0.25, -0.2) is 0 Å². The molecule has 0 spiro atoms. The van der Waals surface area contributed by atoms with E-state index in [0.29, 0.717) is 13.4 Å². The molecule has 3 nitrogen and oxygen atoms in total. The zero-order valence-corrected chi connectivity index (χ0v) is 9.92. The molecule has 0 saturated carbocycles. The van der Waals surface area contributed by atoms with Gasteiger partial charge in [0.25, 0.3) is 0 Å². The number of benzene rings is 1. The van der Waals surface area contributed by atoms with Gasteiger partial charge in [-0.3, -0.25) is 0 Å². The standard InChI is InChI=1S/C11H13BrO3/c12-10-4-9-6-14-7-15-11(9)5-8(10)2-1-3-13/h4-5,13H,1-3,6-7H2. The van der Waals surface area contributed by atoms with Crippen molar-refractivity contribution in [2.45, 2.75) is 19.4 Å². The van der Waals surface area contributed by atoms with E-state index in [2.05, 4.69) is 15.9 Å². The fourth-order valence-electron chi connectivity index (χ4n) is 1.60. The fourth-order valence-corrected chi connectivity index (χ4v) is 2.19. The Morgan fingerprint density at radius 1 is 1.40 bits per heavy atom.